The van der Waals surface area contributed by atoms with E-state index in [0.29, 0.717) is 6.54 Å². The number of thiophene rings is 1. The first-order valence-corrected chi connectivity index (χ1v) is 7.52. The third-order valence-corrected chi connectivity index (χ3v) is 3.72. The quantitative estimate of drug-likeness (QED) is 0.603. The van der Waals surface area contributed by atoms with Gasteiger partial charge in [-0.3, -0.25) is 10.1 Å². The zero-order chi connectivity index (χ0) is 15.2. The zero-order valence-corrected chi connectivity index (χ0v) is 12.7. The molecule has 0 bridgehead atoms. The van der Waals surface area contributed by atoms with Gasteiger partial charge in [0, 0.05) is 23.9 Å². The van der Waals surface area contributed by atoms with Crippen molar-refractivity contribution in [2.75, 3.05) is 17.2 Å². The van der Waals surface area contributed by atoms with Crippen LogP contribution in [0.1, 0.15) is 18.7 Å². The van der Waals surface area contributed by atoms with Gasteiger partial charge in [-0.05, 0) is 25.3 Å². The molecule has 2 rings (SSSR count). The lowest BCUT2D eigenvalue weighted by Gasteiger charge is -2.14. The Morgan fingerprint density at radius 2 is 2.19 bits per heavy atom. The topological polar surface area (TPSA) is 93.0 Å². The van der Waals surface area contributed by atoms with Crippen LogP contribution in [-0.2, 0) is 6.42 Å². The van der Waals surface area contributed by atoms with Crippen LogP contribution < -0.4 is 10.6 Å². The molecule has 2 aromatic rings. The average molecular weight is 307 g/mol. The lowest BCUT2D eigenvalue weighted by atomic mass is 10.2. The summed E-state index contributed by atoms with van der Waals surface area (Å²) in [5.41, 5.74) is -0.114. The molecule has 7 nitrogen and oxygen atoms in total. The van der Waals surface area contributed by atoms with Crippen molar-refractivity contribution in [3.63, 3.8) is 0 Å². The van der Waals surface area contributed by atoms with Gasteiger partial charge in [-0.1, -0.05) is 6.07 Å². The van der Waals surface area contributed by atoms with Crippen molar-refractivity contribution < 1.29 is 4.92 Å². The maximum absolute atomic E-state index is 11.3. The standard InChI is InChI=1S/C13H17N5O2S/c1-3-14-12-11(18(19)20)13(16-8-15-12)17-9(2)7-10-5-4-6-21-10/h4-6,8-9H,3,7H2,1-2H3,(H2,14,15,16,17). The van der Waals surface area contributed by atoms with Crippen molar-refractivity contribution in [3.8, 4) is 0 Å². The van der Waals surface area contributed by atoms with Crippen LogP contribution in [-0.4, -0.2) is 27.5 Å². The number of hydrogen-bond acceptors (Lipinski definition) is 7. The summed E-state index contributed by atoms with van der Waals surface area (Å²) < 4.78 is 0. The zero-order valence-electron chi connectivity index (χ0n) is 11.9. The van der Waals surface area contributed by atoms with Gasteiger partial charge >= 0.3 is 5.69 Å². The van der Waals surface area contributed by atoms with Crippen molar-refractivity contribution in [2.24, 2.45) is 0 Å². The van der Waals surface area contributed by atoms with Gasteiger partial charge in [-0.15, -0.1) is 11.3 Å². The Morgan fingerprint density at radius 3 is 2.81 bits per heavy atom. The molecule has 0 aliphatic rings. The molecule has 0 radical (unpaired) electrons. The number of nitro groups is 1. The van der Waals surface area contributed by atoms with Crippen molar-refractivity contribution in [1.29, 1.82) is 0 Å². The second-order valence-corrected chi connectivity index (χ2v) is 5.57. The SMILES string of the molecule is CCNc1ncnc(NC(C)Cc2cccs2)c1[N+](=O)[O-]. The first kappa shape index (κ1) is 15.2. The molecule has 1 unspecified atom stereocenters. The molecule has 0 fully saturated rings. The van der Waals surface area contributed by atoms with Crippen LogP contribution in [0.4, 0.5) is 17.3 Å². The van der Waals surface area contributed by atoms with Gasteiger partial charge in [-0.25, -0.2) is 9.97 Å². The van der Waals surface area contributed by atoms with Crippen LogP contribution in [0.2, 0.25) is 0 Å². The summed E-state index contributed by atoms with van der Waals surface area (Å²) in [7, 11) is 0. The van der Waals surface area contributed by atoms with Gasteiger partial charge in [0.15, 0.2) is 0 Å². The monoisotopic (exact) mass is 307 g/mol. The second-order valence-electron chi connectivity index (χ2n) is 4.54. The van der Waals surface area contributed by atoms with E-state index in [1.807, 2.05) is 31.4 Å². The minimum atomic E-state index is -0.460. The molecule has 1 atom stereocenters. The summed E-state index contributed by atoms with van der Waals surface area (Å²) in [6.07, 6.45) is 2.11. The predicted molar refractivity (Wildman–Crippen MR) is 84.0 cm³/mol. The lowest BCUT2D eigenvalue weighted by Crippen LogP contribution is -2.20. The van der Waals surface area contributed by atoms with Crippen molar-refractivity contribution in [1.82, 2.24) is 9.97 Å². The van der Waals surface area contributed by atoms with E-state index in [0.717, 1.165) is 6.42 Å². The molecular formula is C13H17N5O2S. The number of nitrogens with zero attached hydrogens (tertiary/aromatic N) is 3. The molecule has 0 amide bonds. The van der Waals surface area contributed by atoms with Crippen LogP contribution in [0.25, 0.3) is 0 Å². The molecule has 0 spiro atoms. The molecule has 2 N–H and O–H groups in total. The van der Waals surface area contributed by atoms with Crippen molar-refractivity contribution in [3.05, 3.63) is 38.8 Å². The fourth-order valence-corrected chi connectivity index (χ4v) is 2.80. The van der Waals surface area contributed by atoms with E-state index in [1.165, 1.54) is 11.2 Å². The van der Waals surface area contributed by atoms with Crippen LogP contribution in [0.5, 0.6) is 0 Å². The molecule has 2 aromatic heterocycles. The van der Waals surface area contributed by atoms with Gasteiger partial charge < -0.3 is 10.6 Å². The minimum absolute atomic E-state index is 0.0340. The average Bonchev–Trinajstić information content (AvgIpc) is 2.91. The first-order chi connectivity index (χ1) is 10.1. The smallest absolute Gasteiger partial charge is 0.353 e. The highest BCUT2D eigenvalue weighted by molar-refractivity contribution is 7.09. The number of rotatable bonds is 7. The summed E-state index contributed by atoms with van der Waals surface area (Å²) in [6, 6.07) is 4.07. The number of aromatic nitrogens is 2. The highest BCUT2D eigenvalue weighted by Gasteiger charge is 2.23. The van der Waals surface area contributed by atoms with E-state index in [2.05, 4.69) is 20.6 Å². The summed E-state index contributed by atoms with van der Waals surface area (Å²) in [6.45, 7) is 4.39. The number of hydrogen-bond donors (Lipinski definition) is 2. The van der Waals surface area contributed by atoms with E-state index in [-0.39, 0.29) is 23.4 Å². The van der Waals surface area contributed by atoms with Crippen LogP contribution in [0.15, 0.2) is 23.8 Å². The van der Waals surface area contributed by atoms with E-state index in [4.69, 9.17) is 0 Å². The summed E-state index contributed by atoms with van der Waals surface area (Å²) in [5.74, 6) is 0.485. The Labute approximate surface area is 126 Å². The fourth-order valence-electron chi connectivity index (χ4n) is 1.97. The van der Waals surface area contributed by atoms with Gasteiger partial charge in [0.25, 0.3) is 0 Å². The largest absolute Gasteiger partial charge is 0.364 e. The maximum atomic E-state index is 11.3. The number of anilines is 2. The van der Waals surface area contributed by atoms with E-state index in [1.54, 1.807) is 11.3 Å². The number of nitrogens with one attached hydrogen (secondary N) is 2. The lowest BCUT2D eigenvalue weighted by molar-refractivity contribution is -0.383. The van der Waals surface area contributed by atoms with Gasteiger partial charge in [0.1, 0.15) is 6.33 Å². The fraction of sp³-hybridized carbons (Fsp3) is 0.385. The Hall–Kier alpha value is -2.22. The second kappa shape index (κ2) is 6.98. The van der Waals surface area contributed by atoms with Crippen LogP contribution >= 0.6 is 11.3 Å². The summed E-state index contributed by atoms with van der Waals surface area (Å²) in [4.78, 5) is 20.0. The summed E-state index contributed by atoms with van der Waals surface area (Å²) >= 11 is 1.66. The van der Waals surface area contributed by atoms with Crippen molar-refractivity contribution >= 4 is 28.7 Å². The molecule has 0 aliphatic carbocycles. The molecule has 0 saturated carbocycles. The highest BCUT2D eigenvalue weighted by atomic mass is 32.1. The maximum Gasteiger partial charge on any atom is 0.353 e. The Bertz CT molecular complexity index is 603. The van der Waals surface area contributed by atoms with Gasteiger partial charge in [0.2, 0.25) is 11.6 Å². The van der Waals surface area contributed by atoms with E-state index >= 15 is 0 Å². The molecule has 112 valence electrons. The van der Waals surface area contributed by atoms with Crippen LogP contribution in [0.3, 0.4) is 0 Å². The highest BCUT2D eigenvalue weighted by Crippen LogP contribution is 2.29. The molecule has 0 aromatic carbocycles. The minimum Gasteiger partial charge on any atom is -0.364 e. The Balaban J connectivity index is 2.18. The third-order valence-electron chi connectivity index (χ3n) is 2.82. The summed E-state index contributed by atoms with van der Waals surface area (Å²) in [5, 5.41) is 19.3. The molecule has 0 saturated heterocycles. The molecule has 8 heteroatoms. The Kier molecular flexibility index (Phi) is 5.04. The van der Waals surface area contributed by atoms with Crippen molar-refractivity contribution in [2.45, 2.75) is 26.3 Å². The van der Waals surface area contributed by atoms with E-state index < -0.39 is 4.92 Å². The van der Waals surface area contributed by atoms with E-state index in [9.17, 15) is 10.1 Å². The van der Waals surface area contributed by atoms with Gasteiger partial charge in [-0.2, -0.15) is 0 Å². The first-order valence-electron chi connectivity index (χ1n) is 6.64. The molecule has 2 heterocycles. The third kappa shape index (κ3) is 3.88. The molecule has 0 aliphatic heterocycles. The molecule has 21 heavy (non-hydrogen) atoms. The normalized spacial score (nSPS) is 11.9. The Morgan fingerprint density at radius 1 is 1.43 bits per heavy atom. The van der Waals surface area contributed by atoms with Crippen LogP contribution in [0, 0.1) is 10.1 Å². The van der Waals surface area contributed by atoms with Gasteiger partial charge in [0.05, 0.1) is 4.92 Å². The predicted octanol–water partition coefficient (Wildman–Crippen LogP) is 2.92. The molecular weight excluding hydrogens is 290 g/mol.